The minimum absolute atomic E-state index is 0.343. The normalized spacial score (nSPS) is 17.6. The first-order valence-electron chi connectivity index (χ1n) is 4.97. The van der Waals surface area contributed by atoms with Crippen LogP contribution in [-0.2, 0) is 10.2 Å². The van der Waals surface area contributed by atoms with Gasteiger partial charge in [-0.3, -0.25) is 4.72 Å². The van der Waals surface area contributed by atoms with Gasteiger partial charge in [0.2, 0.25) is 0 Å². The average Bonchev–Trinajstić information content (AvgIpc) is 2.75. The van der Waals surface area contributed by atoms with E-state index in [2.05, 4.69) is 25.6 Å². The number of hydrogen-bond acceptors (Lipinski definition) is 3. The Labute approximate surface area is 103 Å². The first kappa shape index (κ1) is 11.8. The molecule has 1 fully saturated rings. The van der Waals surface area contributed by atoms with Crippen LogP contribution < -0.4 is 4.72 Å². The fourth-order valence-electron chi connectivity index (χ4n) is 1.56. The second-order valence-electron chi connectivity index (χ2n) is 3.57. The molecule has 0 unspecified atom stereocenters. The van der Waals surface area contributed by atoms with Crippen molar-refractivity contribution in [3.05, 3.63) is 22.8 Å². The molecule has 1 aromatic heterocycles. The molecule has 5 nitrogen and oxygen atoms in total. The smallest absolute Gasteiger partial charge is 0.254 e. The van der Waals surface area contributed by atoms with Gasteiger partial charge in [-0.15, -0.1) is 0 Å². The zero-order valence-corrected chi connectivity index (χ0v) is 11.0. The van der Waals surface area contributed by atoms with Crippen LogP contribution in [0.15, 0.2) is 22.8 Å². The molecule has 1 aliphatic rings. The first-order chi connectivity index (χ1) is 7.58. The Kier molecular flexibility index (Phi) is 3.46. The summed E-state index contributed by atoms with van der Waals surface area (Å²) in [7, 11) is -3.42. The molecule has 7 heteroatoms. The van der Waals surface area contributed by atoms with Crippen molar-refractivity contribution >= 4 is 32.0 Å². The molecule has 0 saturated carbocycles. The van der Waals surface area contributed by atoms with E-state index in [1.165, 1.54) is 4.31 Å². The highest BCUT2D eigenvalue weighted by molar-refractivity contribution is 9.10. The van der Waals surface area contributed by atoms with E-state index in [1.54, 1.807) is 18.3 Å². The van der Waals surface area contributed by atoms with Crippen molar-refractivity contribution in [1.29, 1.82) is 0 Å². The largest absolute Gasteiger partial charge is 0.302 e. The van der Waals surface area contributed by atoms with Crippen molar-refractivity contribution < 1.29 is 8.42 Å². The van der Waals surface area contributed by atoms with E-state index < -0.39 is 10.2 Å². The number of pyridine rings is 1. The maximum atomic E-state index is 11.9. The average molecular weight is 306 g/mol. The maximum Gasteiger partial charge on any atom is 0.302 e. The molecule has 2 heterocycles. The lowest BCUT2D eigenvalue weighted by molar-refractivity contribution is 0.482. The zero-order chi connectivity index (χ0) is 11.6. The molecule has 0 spiro atoms. The van der Waals surface area contributed by atoms with E-state index >= 15 is 0 Å². The molecular weight excluding hydrogens is 294 g/mol. The SMILES string of the molecule is O=S(=O)(Nc1ccc(Br)cn1)N1CCCC1. The van der Waals surface area contributed by atoms with Crippen molar-refractivity contribution in [1.82, 2.24) is 9.29 Å². The summed E-state index contributed by atoms with van der Waals surface area (Å²) in [5, 5.41) is 0. The fourth-order valence-corrected chi connectivity index (χ4v) is 3.05. The van der Waals surface area contributed by atoms with Crippen molar-refractivity contribution in [2.24, 2.45) is 0 Å². The van der Waals surface area contributed by atoms with Gasteiger partial charge in [0.05, 0.1) is 0 Å². The minimum atomic E-state index is -3.42. The van der Waals surface area contributed by atoms with E-state index in [1.807, 2.05) is 0 Å². The molecule has 1 aliphatic heterocycles. The third kappa shape index (κ3) is 2.72. The molecule has 0 aromatic carbocycles. The summed E-state index contributed by atoms with van der Waals surface area (Å²) in [4.78, 5) is 3.97. The predicted octanol–water partition coefficient (Wildman–Crippen LogP) is 1.60. The van der Waals surface area contributed by atoms with Crippen LogP contribution in [0.25, 0.3) is 0 Å². The summed E-state index contributed by atoms with van der Waals surface area (Å²) in [5.41, 5.74) is 0. The van der Waals surface area contributed by atoms with Crippen LogP contribution in [0.2, 0.25) is 0 Å². The summed E-state index contributed by atoms with van der Waals surface area (Å²) < 4.78 is 28.4. The van der Waals surface area contributed by atoms with Gasteiger partial charge in [0, 0.05) is 23.8 Å². The highest BCUT2D eigenvalue weighted by atomic mass is 79.9. The third-order valence-corrected chi connectivity index (χ3v) is 4.35. The molecule has 0 atom stereocenters. The Morgan fingerprint density at radius 2 is 2.00 bits per heavy atom. The number of rotatable bonds is 3. The van der Waals surface area contributed by atoms with Gasteiger partial charge >= 0.3 is 10.2 Å². The van der Waals surface area contributed by atoms with Crippen LogP contribution in [0, 0.1) is 0 Å². The van der Waals surface area contributed by atoms with Gasteiger partial charge in [0.15, 0.2) is 0 Å². The molecule has 88 valence electrons. The summed E-state index contributed by atoms with van der Waals surface area (Å²) in [6, 6.07) is 3.37. The molecule has 16 heavy (non-hydrogen) atoms. The Morgan fingerprint density at radius 1 is 1.31 bits per heavy atom. The topological polar surface area (TPSA) is 62.3 Å². The summed E-state index contributed by atoms with van der Waals surface area (Å²) in [6.07, 6.45) is 3.41. The van der Waals surface area contributed by atoms with E-state index in [0.717, 1.165) is 17.3 Å². The molecule has 1 N–H and O–H groups in total. The number of nitrogens with one attached hydrogen (secondary N) is 1. The highest BCUT2D eigenvalue weighted by Gasteiger charge is 2.25. The molecular formula is C9H12BrN3O2S. The Hall–Kier alpha value is -0.660. The number of hydrogen-bond donors (Lipinski definition) is 1. The molecule has 1 aromatic rings. The van der Waals surface area contributed by atoms with Crippen molar-refractivity contribution in [2.45, 2.75) is 12.8 Å². The van der Waals surface area contributed by atoms with Gasteiger partial charge in [0.1, 0.15) is 5.82 Å². The van der Waals surface area contributed by atoms with Gasteiger partial charge in [-0.1, -0.05) is 0 Å². The van der Waals surface area contributed by atoms with Gasteiger partial charge in [-0.05, 0) is 40.9 Å². The Bertz CT molecular complexity index is 454. The zero-order valence-electron chi connectivity index (χ0n) is 8.56. The number of nitrogens with zero attached hydrogens (tertiary/aromatic N) is 2. The standard InChI is InChI=1S/C9H12BrN3O2S/c10-8-3-4-9(11-7-8)12-16(14,15)13-5-1-2-6-13/h3-4,7H,1-2,5-6H2,(H,11,12). The lowest BCUT2D eigenvalue weighted by Crippen LogP contribution is -2.33. The monoisotopic (exact) mass is 305 g/mol. The van der Waals surface area contributed by atoms with Crippen molar-refractivity contribution in [3.8, 4) is 0 Å². The van der Waals surface area contributed by atoms with Crippen LogP contribution in [0.1, 0.15) is 12.8 Å². The molecule has 0 radical (unpaired) electrons. The van der Waals surface area contributed by atoms with Crippen LogP contribution in [0.5, 0.6) is 0 Å². The molecule has 1 saturated heterocycles. The van der Waals surface area contributed by atoms with E-state index in [4.69, 9.17) is 0 Å². The lowest BCUT2D eigenvalue weighted by atomic mass is 10.4. The first-order valence-corrected chi connectivity index (χ1v) is 7.21. The second-order valence-corrected chi connectivity index (χ2v) is 6.16. The highest BCUT2D eigenvalue weighted by Crippen LogP contribution is 2.16. The molecule has 0 aliphatic carbocycles. The maximum absolute atomic E-state index is 11.9. The molecule has 2 rings (SSSR count). The van der Waals surface area contributed by atoms with E-state index in [-0.39, 0.29) is 0 Å². The second kappa shape index (κ2) is 4.68. The van der Waals surface area contributed by atoms with Gasteiger partial charge < -0.3 is 0 Å². The van der Waals surface area contributed by atoms with Gasteiger partial charge in [-0.25, -0.2) is 4.98 Å². The lowest BCUT2D eigenvalue weighted by Gasteiger charge is -2.16. The predicted molar refractivity (Wildman–Crippen MR) is 65.3 cm³/mol. The van der Waals surface area contributed by atoms with E-state index in [9.17, 15) is 8.42 Å². The van der Waals surface area contributed by atoms with Gasteiger partial charge in [0.25, 0.3) is 0 Å². The van der Waals surface area contributed by atoms with Crippen molar-refractivity contribution in [3.63, 3.8) is 0 Å². The number of aromatic nitrogens is 1. The van der Waals surface area contributed by atoms with Crippen LogP contribution in [0.3, 0.4) is 0 Å². The molecule has 0 bridgehead atoms. The Morgan fingerprint density at radius 3 is 2.56 bits per heavy atom. The number of halogens is 1. The molecule has 0 amide bonds. The quantitative estimate of drug-likeness (QED) is 0.922. The minimum Gasteiger partial charge on any atom is -0.254 e. The summed E-state index contributed by atoms with van der Waals surface area (Å²) in [6.45, 7) is 1.18. The fraction of sp³-hybridized carbons (Fsp3) is 0.444. The van der Waals surface area contributed by atoms with E-state index in [0.29, 0.717) is 18.9 Å². The third-order valence-electron chi connectivity index (χ3n) is 2.37. The van der Waals surface area contributed by atoms with Crippen LogP contribution in [0.4, 0.5) is 5.82 Å². The van der Waals surface area contributed by atoms with Crippen molar-refractivity contribution in [2.75, 3.05) is 17.8 Å². The van der Waals surface area contributed by atoms with Crippen LogP contribution in [-0.4, -0.2) is 30.8 Å². The number of anilines is 1. The summed E-state index contributed by atoms with van der Waals surface area (Å²) in [5.74, 6) is 0.343. The van der Waals surface area contributed by atoms with Gasteiger partial charge in [-0.2, -0.15) is 12.7 Å². The Balaban J connectivity index is 2.11. The summed E-state index contributed by atoms with van der Waals surface area (Å²) >= 11 is 3.24. The van der Waals surface area contributed by atoms with Crippen LogP contribution >= 0.6 is 15.9 Å².